The first-order valence-corrected chi connectivity index (χ1v) is 8.93. The number of benzene rings is 1. The maximum absolute atomic E-state index is 13.9. The lowest BCUT2D eigenvalue weighted by Crippen LogP contribution is -2.48. The van der Waals surface area contributed by atoms with Gasteiger partial charge in [0.1, 0.15) is 0 Å². The lowest BCUT2D eigenvalue weighted by molar-refractivity contribution is -0.137. The van der Waals surface area contributed by atoms with E-state index >= 15 is 0 Å². The largest absolute Gasteiger partial charge is 0.481 e. The maximum atomic E-state index is 13.9. The highest BCUT2D eigenvalue weighted by molar-refractivity contribution is 5.75. The minimum absolute atomic E-state index is 0.0479. The van der Waals surface area contributed by atoms with E-state index in [4.69, 9.17) is 5.11 Å². The van der Waals surface area contributed by atoms with Crippen LogP contribution in [0.15, 0.2) is 30.3 Å². The molecule has 2 aliphatic rings. The number of piperidine rings is 1. The van der Waals surface area contributed by atoms with E-state index in [-0.39, 0.29) is 31.5 Å². The average molecular weight is 366 g/mol. The predicted molar refractivity (Wildman–Crippen MR) is 92.1 cm³/mol. The van der Waals surface area contributed by atoms with E-state index < -0.39 is 23.2 Å². The molecule has 142 valence electrons. The van der Waals surface area contributed by atoms with Crippen LogP contribution in [0.25, 0.3) is 0 Å². The first-order valence-electron chi connectivity index (χ1n) is 8.93. The summed E-state index contributed by atoms with van der Waals surface area (Å²) in [5.41, 5.74) is 0.0133. The molecule has 2 N–H and O–H groups in total. The Bertz CT molecular complexity index is 683. The van der Waals surface area contributed by atoms with Crippen molar-refractivity contribution in [3.05, 3.63) is 35.9 Å². The molecule has 0 aromatic heterocycles. The van der Waals surface area contributed by atoms with Gasteiger partial charge in [0.05, 0.1) is 5.92 Å². The van der Waals surface area contributed by atoms with Gasteiger partial charge in [-0.2, -0.15) is 0 Å². The zero-order valence-electron chi connectivity index (χ0n) is 14.8. The number of carboxylic acid groups (broad SMARTS) is 1. The first kappa shape index (κ1) is 18.6. The van der Waals surface area contributed by atoms with Gasteiger partial charge in [-0.3, -0.25) is 4.79 Å². The lowest BCUT2D eigenvalue weighted by atomic mass is 9.97. The molecule has 0 bridgehead atoms. The second-order valence-corrected chi connectivity index (χ2v) is 7.56. The van der Waals surface area contributed by atoms with E-state index in [1.54, 1.807) is 6.92 Å². The molecule has 2 amide bonds. The van der Waals surface area contributed by atoms with Crippen LogP contribution in [-0.4, -0.2) is 47.1 Å². The second-order valence-electron chi connectivity index (χ2n) is 7.56. The van der Waals surface area contributed by atoms with Crippen LogP contribution in [0, 0.1) is 11.3 Å². The Hall–Kier alpha value is -2.18. The van der Waals surface area contributed by atoms with Crippen molar-refractivity contribution in [1.29, 1.82) is 0 Å². The number of fused-ring (bicyclic) bond motifs is 1. The molecule has 1 aliphatic carbocycles. The van der Waals surface area contributed by atoms with Crippen molar-refractivity contribution in [2.45, 2.75) is 44.6 Å². The summed E-state index contributed by atoms with van der Waals surface area (Å²) in [6.07, 6.45) is 1.03. The predicted octanol–water partition coefficient (Wildman–Crippen LogP) is 3.15. The lowest BCUT2D eigenvalue weighted by Gasteiger charge is -2.30. The Morgan fingerprint density at radius 1 is 1.35 bits per heavy atom. The second kappa shape index (κ2) is 6.85. The summed E-state index contributed by atoms with van der Waals surface area (Å²) in [5, 5.41) is 11.8. The normalized spacial score (nSPS) is 27.3. The number of urea groups is 1. The number of aliphatic carboxylic acids is 1. The van der Waals surface area contributed by atoms with Crippen LogP contribution in [0.4, 0.5) is 13.6 Å². The third-order valence-corrected chi connectivity index (χ3v) is 5.84. The number of amides is 2. The number of nitrogens with one attached hydrogen (secondary N) is 1. The Labute approximate surface area is 151 Å². The minimum atomic E-state index is -2.70. The Kier molecular flexibility index (Phi) is 4.90. The van der Waals surface area contributed by atoms with Gasteiger partial charge in [-0.05, 0) is 24.8 Å². The number of hydrogen-bond donors (Lipinski definition) is 2. The number of alkyl halides is 2. The van der Waals surface area contributed by atoms with Crippen molar-refractivity contribution in [3.8, 4) is 0 Å². The molecule has 3 rings (SSSR count). The van der Waals surface area contributed by atoms with Crippen LogP contribution in [-0.2, 0) is 11.2 Å². The van der Waals surface area contributed by atoms with E-state index in [1.165, 1.54) is 4.90 Å². The average Bonchev–Trinajstić information content (AvgIpc) is 3.05. The molecule has 0 radical (unpaired) electrons. The molecule has 1 aliphatic heterocycles. The smallest absolute Gasteiger partial charge is 0.317 e. The van der Waals surface area contributed by atoms with Gasteiger partial charge in [0.25, 0.3) is 5.92 Å². The molecule has 1 saturated heterocycles. The molecule has 1 heterocycles. The van der Waals surface area contributed by atoms with Gasteiger partial charge in [0.2, 0.25) is 0 Å². The van der Waals surface area contributed by atoms with Crippen LogP contribution in [0.5, 0.6) is 0 Å². The van der Waals surface area contributed by atoms with Gasteiger partial charge in [-0.15, -0.1) is 0 Å². The van der Waals surface area contributed by atoms with E-state index in [0.29, 0.717) is 19.4 Å². The summed E-state index contributed by atoms with van der Waals surface area (Å²) in [4.78, 5) is 24.9. The van der Waals surface area contributed by atoms with Crippen molar-refractivity contribution in [2.24, 2.45) is 11.3 Å². The molecule has 1 aromatic carbocycles. The SMILES string of the molecule is CC12CCN(C(=O)NC(CCC(=O)O)Cc3ccccc3)CC1C2(F)F. The summed E-state index contributed by atoms with van der Waals surface area (Å²) >= 11 is 0. The topological polar surface area (TPSA) is 69.6 Å². The first-order chi connectivity index (χ1) is 12.2. The van der Waals surface area contributed by atoms with Gasteiger partial charge in [-0.25, -0.2) is 13.6 Å². The molecule has 5 nitrogen and oxygen atoms in total. The number of halogens is 2. The molecule has 0 spiro atoms. The summed E-state index contributed by atoms with van der Waals surface area (Å²) in [7, 11) is 0. The summed E-state index contributed by atoms with van der Waals surface area (Å²) in [6.45, 7) is 1.93. The summed E-state index contributed by atoms with van der Waals surface area (Å²) in [5.74, 6) is -4.40. The number of hydrogen-bond acceptors (Lipinski definition) is 2. The molecule has 3 atom stereocenters. The summed E-state index contributed by atoms with van der Waals surface area (Å²) in [6, 6.07) is 8.73. The molecular formula is C19H24F2N2O3. The number of likely N-dealkylation sites (tertiary alicyclic amines) is 1. The van der Waals surface area contributed by atoms with Gasteiger partial charge in [-0.1, -0.05) is 37.3 Å². The van der Waals surface area contributed by atoms with Crippen LogP contribution in [0.3, 0.4) is 0 Å². The third kappa shape index (κ3) is 3.52. The number of carbonyl (C=O) groups is 2. The highest BCUT2D eigenvalue weighted by Crippen LogP contribution is 2.69. The van der Waals surface area contributed by atoms with Gasteiger partial charge in [0.15, 0.2) is 0 Å². The minimum Gasteiger partial charge on any atom is -0.481 e. The zero-order chi connectivity index (χ0) is 18.9. The Balaban J connectivity index is 1.60. The van der Waals surface area contributed by atoms with E-state index in [9.17, 15) is 18.4 Å². The van der Waals surface area contributed by atoms with Crippen LogP contribution in [0.1, 0.15) is 31.7 Å². The summed E-state index contributed by atoms with van der Waals surface area (Å²) < 4.78 is 27.7. The monoisotopic (exact) mass is 366 g/mol. The van der Waals surface area contributed by atoms with Gasteiger partial charge >= 0.3 is 12.0 Å². The fourth-order valence-corrected chi connectivity index (χ4v) is 3.88. The van der Waals surface area contributed by atoms with Crippen molar-refractivity contribution < 1.29 is 23.5 Å². The van der Waals surface area contributed by atoms with Gasteiger partial charge < -0.3 is 15.3 Å². The fourth-order valence-electron chi connectivity index (χ4n) is 3.88. The molecule has 1 aromatic rings. The van der Waals surface area contributed by atoms with Crippen LogP contribution >= 0.6 is 0 Å². The van der Waals surface area contributed by atoms with E-state index in [0.717, 1.165) is 5.56 Å². The molecule has 1 saturated carbocycles. The standard InChI is InChI=1S/C19H24F2N2O3/c1-18-9-10-23(12-15(18)19(18,20)21)17(26)22-14(7-8-16(24)25)11-13-5-3-2-4-6-13/h2-6,14-15H,7-12H2,1H3,(H,22,26)(H,24,25). The van der Waals surface area contributed by atoms with Gasteiger partial charge in [0, 0.05) is 31.0 Å². The zero-order valence-corrected chi connectivity index (χ0v) is 14.8. The quantitative estimate of drug-likeness (QED) is 0.813. The van der Waals surface area contributed by atoms with Crippen molar-refractivity contribution in [2.75, 3.05) is 13.1 Å². The molecule has 2 fully saturated rings. The van der Waals surface area contributed by atoms with E-state index in [2.05, 4.69) is 5.32 Å². The Morgan fingerprint density at radius 2 is 2.04 bits per heavy atom. The highest BCUT2D eigenvalue weighted by Gasteiger charge is 2.78. The highest BCUT2D eigenvalue weighted by atomic mass is 19.3. The molecule has 7 heteroatoms. The van der Waals surface area contributed by atoms with E-state index in [1.807, 2.05) is 30.3 Å². The number of carbonyl (C=O) groups excluding carboxylic acids is 1. The van der Waals surface area contributed by atoms with Crippen LogP contribution < -0.4 is 5.32 Å². The maximum Gasteiger partial charge on any atom is 0.317 e. The van der Waals surface area contributed by atoms with Crippen molar-refractivity contribution >= 4 is 12.0 Å². The Morgan fingerprint density at radius 3 is 2.65 bits per heavy atom. The number of nitrogens with zero attached hydrogens (tertiary/aromatic N) is 1. The molecular weight excluding hydrogens is 342 g/mol. The van der Waals surface area contributed by atoms with Crippen molar-refractivity contribution in [3.63, 3.8) is 0 Å². The van der Waals surface area contributed by atoms with Crippen molar-refractivity contribution in [1.82, 2.24) is 10.2 Å². The van der Waals surface area contributed by atoms with Crippen LogP contribution in [0.2, 0.25) is 0 Å². The fraction of sp³-hybridized carbons (Fsp3) is 0.579. The number of rotatable bonds is 6. The molecule has 26 heavy (non-hydrogen) atoms. The third-order valence-electron chi connectivity index (χ3n) is 5.84. The molecule has 3 unspecified atom stereocenters. The number of carboxylic acids is 1.